The lowest BCUT2D eigenvalue weighted by molar-refractivity contribution is 0.0995. The van der Waals surface area contributed by atoms with E-state index >= 15 is 0 Å². The second-order valence-corrected chi connectivity index (χ2v) is 3.00. The standard InChI is InChI=1S/C9H13N3O3/c10-9(15)8-3-6(1-2-11-8)12-7(4-13)5-14/h1-3,7,13-14H,4-5H2,(H2,10,15)(H,11,12). The third-order valence-electron chi connectivity index (χ3n) is 1.82. The van der Waals surface area contributed by atoms with E-state index in [1.165, 1.54) is 12.3 Å². The predicted octanol–water partition coefficient (Wildman–Crippen LogP) is -1.05. The van der Waals surface area contributed by atoms with Crippen LogP contribution in [0.5, 0.6) is 0 Å². The molecule has 0 aliphatic carbocycles. The van der Waals surface area contributed by atoms with Crippen LogP contribution >= 0.6 is 0 Å². The second-order valence-electron chi connectivity index (χ2n) is 3.00. The average molecular weight is 211 g/mol. The third kappa shape index (κ3) is 3.19. The molecule has 0 unspecified atom stereocenters. The molecule has 1 rings (SSSR count). The highest BCUT2D eigenvalue weighted by Gasteiger charge is 2.07. The molecular weight excluding hydrogens is 198 g/mol. The van der Waals surface area contributed by atoms with Crippen LogP contribution in [0.1, 0.15) is 10.5 Å². The number of rotatable bonds is 5. The van der Waals surface area contributed by atoms with E-state index in [-0.39, 0.29) is 18.9 Å². The molecule has 82 valence electrons. The number of hydrogen-bond acceptors (Lipinski definition) is 5. The SMILES string of the molecule is NC(=O)c1cc(NC(CO)CO)ccn1. The van der Waals surface area contributed by atoms with Crippen LogP contribution in [0.15, 0.2) is 18.3 Å². The lowest BCUT2D eigenvalue weighted by atomic mass is 10.2. The van der Waals surface area contributed by atoms with Crippen LogP contribution in [0.25, 0.3) is 0 Å². The van der Waals surface area contributed by atoms with Gasteiger partial charge in [0.2, 0.25) is 0 Å². The van der Waals surface area contributed by atoms with Gasteiger partial charge in [0.1, 0.15) is 5.69 Å². The first kappa shape index (κ1) is 11.4. The summed E-state index contributed by atoms with van der Waals surface area (Å²) >= 11 is 0. The summed E-state index contributed by atoms with van der Waals surface area (Å²) in [6.07, 6.45) is 1.42. The molecule has 6 heteroatoms. The molecular formula is C9H13N3O3. The Balaban J connectivity index is 2.77. The molecule has 1 amide bonds. The molecule has 1 heterocycles. The minimum absolute atomic E-state index is 0.134. The van der Waals surface area contributed by atoms with Gasteiger partial charge in [-0.3, -0.25) is 9.78 Å². The van der Waals surface area contributed by atoms with E-state index in [0.717, 1.165) is 0 Å². The van der Waals surface area contributed by atoms with Gasteiger partial charge in [-0.25, -0.2) is 0 Å². The highest BCUT2D eigenvalue weighted by molar-refractivity contribution is 5.91. The number of pyridine rings is 1. The minimum atomic E-state index is -0.622. The van der Waals surface area contributed by atoms with E-state index in [4.69, 9.17) is 15.9 Å². The summed E-state index contributed by atoms with van der Waals surface area (Å²) < 4.78 is 0. The second kappa shape index (κ2) is 5.28. The fourth-order valence-corrected chi connectivity index (χ4v) is 1.04. The third-order valence-corrected chi connectivity index (χ3v) is 1.82. The monoisotopic (exact) mass is 211 g/mol. The fourth-order valence-electron chi connectivity index (χ4n) is 1.04. The Morgan fingerprint density at radius 3 is 2.73 bits per heavy atom. The van der Waals surface area contributed by atoms with E-state index in [1.54, 1.807) is 6.07 Å². The summed E-state index contributed by atoms with van der Waals surface area (Å²) in [5.41, 5.74) is 5.76. The molecule has 15 heavy (non-hydrogen) atoms. The van der Waals surface area contributed by atoms with Crippen LogP contribution in [0, 0.1) is 0 Å². The summed E-state index contributed by atoms with van der Waals surface area (Å²) in [5.74, 6) is -0.622. The van der Waals surface area contributed by atoms with Crippen molar-refractivity contribution in [1.82, 2.24) is 4.98 Å². The number of hydrogen-bond donors (Lipinski definition) is 4. The van der Waals surface area contributed by atoms with Crippen LogP contribution in [0.3, 0.4) is 0 Å². The molecule has 0 saturated carbocycles. The van der Waals surface area contributed by atoms with E-state index in [2.05, 4.69) is 10.3 Å². The van der Waals surface area contributed by atoms with Crippen molar-refractivity contribution in [3.8, 4) is 0 Å². The van der Waals surface area contributed by atoms with E-state index in [9.17, 15) is 4.79 Å². The van der Waals surface area contributed by atoms with Gasteiger partial charge in [0.25, 0.3) is 5.91 Å². The lowest BCUT2D eigenvalue weighted by Crippen LogP contribution is -2.27. The van der Waals surface area contributed by atoms with E-state index in [0.29, 0.717) is 5.69 Å². The molecule has 0 fully saturated rings. The van der Waals surface area contributed by atoms with E-state index in [1.807, 2.05) is 0 Å². The number of carbonyl (C=O) groups is 1. The molecule has 0 aliphatic rings. The Bertz CT molecular complexity index is 339. The molecule has 0 spiro atoms. The Kier molecular flexibility index (Phi) is 4.02. The summed E-state index contributed by atoms with van der Waals surface area (Å²) in [6, 6.07) is 2.61. The number of nitrogens with one attached hydrogen (secondary N) is 1. The van der Waals surface area contributed by atoms with Crippen LogP contribution in [0.2, 0.25) is 0 Å². The van der Waals surface area contributed by atoms with Crippen molar-refractivity contribution in [2.24, 2.45) is 5.73 Å². The van der Waals surface area contributed by atoms with E-state index < -0.39 is 11.9 Å². The Hall–Kier alpha value is -1.66. The number of nitrogens with two attached hydrogens (primary N) is 1. The largest absolute Gasteiger partial charge is 0.394 e. The number of aromatic nitrogens is 1. The average Bonchev–Trinajstić information content (AvgIpc) is 2.26. The maximum Gasteiger partial charge on any atom is 0.267 e. The van der Waals surface area contributed by atoms with Crippen molar-refractivity contribution in [3.05, 3.63) is 24.0 Å². The Morgan fingerprint density at radius 1 is 1.53 bits per heavy atom. The summed E-state index contributed by atoms with van der Waals surface area (Å²) in [7, 11) is 0. The molecule has 6 nitrogen and oxygen atoms in total. The molecule has 1 aromatic rings. The van der Waals surface area contributed by atoms with Crippen LogP contribution in [-0.4, -0.2) is 40.4 Å². The number of aliphatic hydroxyl groups excluding tert-OH is 2. The summed E-state index contributed by atoms with van der Waals surface area (Å²) in [6.45, 7) is -0.407. The first-order chi connectivity index (χ1) is 7.17. The zero-order valence-electron chi connectivity index (χ0n) is 8.05. The number of anilines is 1. The van der Waals surface area contributed by atoms with Gasteiger partial charge in [-0.05, 0) is 12.1 Å². The van der Waals surface area contributed by atoms with Crippen molar-refractivity contribution in [2.45, 2.75) is 6.04 Å². The smallest absolute Gasteiger partial charge is 0.267 e. The number of amides is 1. The van der Waals surface area contributed by atoms with Gasteiger partial charge in [0.15, 0.2) is 0 Å². The van der Waals surface area contributed by atoms with Gasteiger partial charge in [-0.15, -0.1) is 0 Å². The molecule has 0 atom stereocenters. The molecule has 0 bridgehead atoms. The topological polar surface area (TPSA) is 108 Å². The van der Waals surface area contributed by atoms with Crippen molar-refractivity contribution in [1.29, 1.82) is 0 Å². The molecule has 0 saturated heterocycles. The number of primary amides is 1. The molecule has 0 radical (unpaired) electrons. The van der Waals surface area contributed by atoms with Crippen molar-refractivity contribution >= 4 is 11.6 Å². The zero-order valence-corrected chi connectivity index (χ0v) is 8.05. The maximum absolute atomic E-state index is 10.8. The van der Waals surface area contributed by atoms with Gasteiger partial charge < -0.3 is 21.3 Å². The molecule has 5 N–H and O–H groups in total. The number of nitrogens with zero attached hydrogens (tertiary/aromatic N) is 1. The van der Waals surface area contributed by atoms with Gasteiger partial charge in [-0.1, -0.05) is 0 Å². The normalized spacial score (nSPS) is 10.3. The van der Waals surface area contributed by atoms with Gasteiger partial charge >= 0.3 is 0 Å². The first-order valence-electron chi connectivity index (χ1n) is 4.41. The summed E-state index contributed by atoms with van der Waals surface area (Å²) in [5, 5.41) is 20.5. The Morgan fingerprint density at radius 2 is 2.20 bits per heavy atom. The summed E-state index contributed by atoms with van der Waals surface area (Å²) in [4.78, 5) is 14.6. The number of aliphatic hydroxyl groups is 2. The van der Waals surface area contributed by atoms with Crippen molar-refractivity contribution in [3.63, 3.8) is 0 Å². The van der Waals surface area contributed by atoms with Gasteiger partial charge in [-0.2, -0.15) is 0 Å². The Labute approximate surface area is 86.8 Å². The zero-order chi connectivity index (χ0) is 11.3. The van der Waals surface area contributed by atoms with Gasteiger partial charge in [0.05, 0.1) is 19.3 Å². The lowest BCUT2D eigenvalue weighted by Gasteiger charge is -2.14. The van der Waals surface area contributed by atoms with Crippen LogP contribution < -0.4 is 11.1 Å². The van der Waals surface area contributed by atoms with Gasteiger partial charge in [0, 0.05) is 11.9 Å². The molecule has 0 aliphatic heterocycles. The first-order valence-corrected chi connectivity index (χ1v) is 4.41. The number of carbonyl (C=O) groups excluding carboxylic acids is 1. The minimum Gasteiger partial charge on any atom is -0.394 e. The maximum atomic E-state index is 10.8. The molecule has 1 aromatic heterocycles. The van der Waals surface area contributed by atoms with Crippen LogP contribution in [-0.2, 0) is 0 Å². The predicted molar refractivity (Wildman–Crippen MR) is 54.3 cm³/mol. The highest BCUT2D eigenvalue weighted by atomic mass is 16.3. The van der Waals surface area contributed by atoms with Crippen LogP contribution in [0.4, 0.5) is 5.69 Å². The van der Waals surface area contributed by atoms with Crippen molar-refractivity contribution in [2.75, 3.05) is 18.5 Å². The van der Waals surface area contributed by atoms with Crippen molar-refractivity contribution < 1.29 is 15.0 Å². The quantitative estimate of drug-likeness (QED) is 0.496. The fraction of sp³-hybridized carbons (Fsp3) is 0.333. The highest BCUT2D eigenvalue weighted by Crippen LogP contribution is 2.08. The molecule has 0 aromatic carbocycles.